The molecule has 4 nitrogen and oxygen atoms in total. The van der Waals surface area contributed by atoms with Crippen LogP contribution in [0.15, 0.2) is 0 Å². The summed E-state index contributed by atoms with van der Waals surface area (Å²) in [5.41, 5.74) is 5.42. The maximum Gasteiger partial charge on any atom is 0.227 e. The summed E-state index contributed by atoms with van der Waals surface area (Å²) < 4.78 is 0. The third-order valence-corrected chi connectivity index (χ3v) is 2.25. The lowest BCUT2D eigenvalue weighted by atomic mass is 10.3. The molecule has 0 radical (unpaired) electrons. The highest BCUT2D eigenvalue weighted by Crippen LogP contribution is 2.45. The average Bonchev–Trinajstić information content (AvgIpc) is 2.64. The topological polar surface area (TPSA) is 64.7 Å². The first-order valence-electron chi connectivity index (χ1n) is 3.84. The van der Waals surface area contributed by atoms with Gasteiger partial charge in [-0.2, -0.15) is 9.97 Å². The second-order valence-electron chi connectivity index (χ2n) is 3.14. The molecular weight excluding hydrogens is 176 g/mol. The molecule has 12 heavy (non-hydrogen) atoms. The summed E-state index contributed by atoms with van der Waals surface area (Å²) in [6.07, 6.45) is 1.12. The zero-order chi connectivity index (χ0) is 8.72. The quantitative estimate of drug-likeness (QED) is 0.713. The molecule has 1 aliphatic rings. The van der Waals surface area contributed by atoms with E-state index in [0.29, 0.717) is 11.8 Å². The van der Waals surface area contributed by atoms with Crippen molar-refractivity contribution in [2.75, 3.05) is 5.73 Å². The highest BCUT2D eigenvalue weighted by molar-refractivity contribution is 6.28. The molecule has 0 saturated heterocycles. The van der Waals surface area contributed by atoms with E-state index in [2.05, 4.69) is 21.9 Å². The lowest BCUT2D eigenvalue weighted by molar-refractivity contribution is 0.829. The van der Waals surface area contributed by atoms with Gasteiger partial charge in [0.1, 0.15) is 5.82 Å². The SMILES string of the molecule is CC1CC1c1nc(N)nc(Cl)n1. The lowest BCUT2D eigenvalue weighted by Crippen LogP contribution is -2.02. The smallest absolute Gasteiger partial charge is 0.227 e. The third-order valence-electron chi connectivity index (χ3n) is 2.08. The number of nitrogens with zero attached hydrogens (tertiary/aromatic N) is 3. The van der Waals surface area contributed by atoms with Crippen molar-refractivity contribution in [3.63, 3.8) is 0 Å². The summed E-state index contributed by atoms with van der Waals surface area (Å²) in [4.78, 5) is 11.7. The number of halogens is 1. The van der Waals surface area contributed by atoms with Gasteiger partial charge in [0.25, 0.3) is 0 Å². The number of nitrogens with two attached hydrogens (primary N) is 1. The maximum absolute atomic E-state index is 5.63. The van der Waals surface area contributed by atoms with E-state index in [1.807, 2.05) is 0 Å². The molecule has 5 heteroatoms. The van der Waals surface area contributed by atoms with Crippen LogP contribution < -0.4 is 5.73 Å². The van der Waals surface area contributed by atoms with Crippen molar-refractivity contribution < 1.29 is 0 Å². The van der Waals surface area contributed by atoms with Gasteiger partial charge in [-0.25, -0.2) is 4.98 Å². The van der Waals surface area contributed by atoms with Gasteiger partial charge in [-0.05, 0) is 23.9 Å². The Labute approximate surface area is 75.2 Å². The Kier molecular flexibility index (Phi) is 1.65. The molecule has 2 atom stereocenters. The molecular formula is C7H9ClN4. The van der Waals surface area contributed by atoms with Gasteiger partial charge >= 0.3 is 0 Å². The number of rotatable bonds is 1. The van der Waals surface area contributed by atoms with Crippen molar-refractivity contribution in [1.29, 1.82) is 0 Å². The molecule has 1 aliphatic carbocycles. The Morgan fingerprint density at radius 2 is 2.08 bits per heavy atom. The summed E-state index contributed by atoms with van der Waals surface area (Å²) in [6, 6.07) is 0. The van der Waals surface area contributed by atoms with Gasteiger partial charge in [-0.15, -0.1) is 0 Å². The van der Waals surface area contributed by atoms with Crippen molar-refractivity contribution in [1.82, 2.24) is 15.0 Å². The van der Waals surface area contributed by atoms with E-state index < -0.39 is 0 Å². The molecule has 0 amide bonds. The Bertz CT molecular complexity index is 294. The van der Waals surface area contributed by atoms with E-state index in [4.69, 9.17) is 17.3 Å². The molecule has 1 aromatic heterocycles. The summed E-state index contributed by atoms with van der Waals surface area (Å²) in [5, 5.41) is 0.191. The van der Waals surface area contributed by atoms with E-state index in [1.165, 1.54) is 0 Å². The van der Waals surface area contributed by atoms with Crippen LogP contribution in [-0.2, 0) is 0 Å². The largest absolute Gasteiger partial charge is 0.368 e. The summed E-state index contributed by atoms with van der Waals surface area (Å²) >= 11 is 5.63. The first-order chi connectivity index (χ1) is 5.66. The minimum Gasteiger partial charge on any atom is -0.368 e. The fourth-order valence-electron chi connectivity index (χ4n) is 1.23. The van der Waals surface area contributed by atoms with Gasteiger partial charge < -0.3 is 5.73 Å². The molecule has 0 aromatic carbocycles. The van der Waals surface area contributed by atoms with Crippen molar-refractivity contribution in [3.8, 4) is 0 Å². The average molecular weight is 185 g/mol. The number of aromatic nitrogens is 3. The number of hydrogen-bond acceptors (Lipinski definition) is 4. The summed E-state index contributed by atoms with van der Waals surface area (Å²) in [6.45, 7) is 2.15. The van der Waals surface area contributed by atoms with E-state index in [-0.39, 0.29) is 11.2 Å². The minimum atomic E-state index is 0.191. The van der Waals surface area contributed by atoms with Crippen molar-refractivity contribution in [3.05, 3.63) is 11.1 Å². The predicted octanol–water partition coefficient (Wildman–Crippen LogP) is 1.23. The van der Waals surface area contributed by atoms with Crippen molar-refractivity contribution >= 4 is 17.5 Å². The maximum atomic E-state index is 5.63. The van der Waals surface area contributed by atoms with Crippen LogP contribution in [0, 0.1) is 5.92 Å². The molecule has 0 bridgehead atoms. The number of anilines is 1. The van der Waals surface area contributed by atoms with Crippen LogP contribution in [0.4, 0.5) is 5.95 Å². The zero-order valence-electron chi connectivity index (χ0n) is 6.66. The molecule has 2 N–H and O–H groups in total. The number of hydrogen-bond donors (Lipinski definition) is 1. The van der Waals surface area contributed by atoms with Crippen LogP contribution in [-0.4, -0.2) is 15.0 Å². The first-order valence-corrected chi connectivity index (χ1v) is 4.21. The monoisotopic (exact) mass is 184 g/mol. The van der Waals surface area contributed by atoms with Gasteiger partial charge in [-0.3, -0.25) is 0 Å². The minimum absolute atomic E-state index is 0.191. The van der Waals surface area contributed by atoms with Crippen LogP contribution in [0.2, 0.25) is 5.28 Å². The second kappa shape index (κ2) is 2.55. The van der Waals surface area contributed by atoms with Crippen LogP contribution in [0.1, 0.15) is 25.1 Å². The molecule has 1 aromatic rings. The van der Waals surface area contributed by atoms with E-state index in [9.17, 15) is 0 Å². The van der Waals surface area contributed by atoms with E-state index in [0.717, 1.165) is 12.2 Å². The zero-order valence-corrected chi connectivity index (χ0v) is 7.41. The van der Waals surface area contributed by atoms with Crippen molar-refractivity contribution in [2.45, 2.75) is 19.3 Å². The predicted molar refractivity (Wildman–Crippen MR) is 45.8 cm³/mol. The summed E-state index contributed by atoms with van der Waals surface area (Å²) in [7, 11) is 0. The molecule has 2 unspecified atom stereocenters. The first kappa shape index (κ1) is 7.73. The molecule has 0 aliphatic heterocycles. The molecule has 1 saturated carbocycles. The Morgan fingerprint density at radius 3 is 2.58 bits per heavy atom. The van der Waals surface area contributed by atoms with Gasteiger partial charge in [0, 0.05) is 5.92 Å². The standard InChI is InChI=1S/C7H9ClN4/c1-3-2-4(3)5-10-6(8)12-7(9)11-5/h3-4H,2H2,1H3,(H2,9,10,11,12). The molecule has 0 spiro atoms. The van der Waals surface area contributed by atoms with Crippen LogP contribution in [0.3, 0.4) is 0 Å². The number of nitrogen functional groups attached to an aromatic ring is 1. The fraction of sp³-hybridized carbons (Fsp3) is 0.571. The van der Waals surface area contributed by atoms with Gasteiger partial charge in [0.05, 0.1) is 0 Å². The van der Waals surface area contributed by atoms with Crippen LogP contribution in [0.25, 0.3) is 0 Å². The van der Waals surface area contributed by atoms with Crippen LogP contribution >= 0.6 is 11.6 Å². The van der Waals surface area contributed by atoms with Crippen molar-refractivity contribution in [2.24, 2.45) is 5.92 Å². The highest BCUT2D eigenvalue weighted by atomic mass is 35.5. The fourth-order valence-corrected chi connectivity index (χ4v) is 1.40. The Balaban J connectivity index is 2.32. The second-order valence-corrected chi connectivity index (χ2v) is 3.48. The highest BCUT2D eigenvalue weighted by Gasteiger charge is 2.37. The Hall–Kier alpha value is -0.900. The van der Waals surface area contributed by atoms with E-state index >= 15 is 0 Å². The molecule has 64 valence electrons. The van der Waals surface area contributed by atoms with Gasteiger partial charge in [-0.1, -0.05) is 6.92 Å². The third kappa shape index (κ3) is 1.34. The Morgan fingerprint density at radius 1 is 1.42 bits per heavy atom. The van der Waals surface area contributed by atoms with Gasteiger partial charge in [0.2, 0.25) is 11.2 Å². The molecule has 2 rings (SSSR count). The lowest BCUT2D eigenvalue weighted by Gasteiger charge is -1.98. The van der Waals surface area contributed by atoms with Crippen LogP contribution in [0.5, 0.6) is 0 Å². The summed E-state index contributed by atoms with van der Waals surface area (Å²) in [5.74, 6) is 2.04. The molecule has 1 heterocycles. The normalized spacial score (nSPS) is 27.2. The molecule has 1 fully saturated rings. The van der Waals surface area contributed by atoms with E-state index in [1.54, 1.807) is 0 Å². The van der Waals surface area contributed by atoms with Gasteiger partial charge in [0.15, 0.2) is 0 Å².